The third-order valence-electron chi connectivity index (χ3n) is 3.89. The molecule has 3 heteroatoms. The molecule has 1 aromatic rings. The normalized spacial score (nSPS) is 18.3. The van der Waals surface area contributed by atoms with Gasteiger partial charge in [0.25, 0.3) is 0 Å². The molecule has 1 atom stereocenters. The van der Waals surface area contributed by atoms with E-state index in [4.69, 9.17) is 10.5 Å². The summed E-state index contributed by atoms with van der Waals surface area (Å²) in [5.74, 6) is 4.42. The zero-order valence-electron chi connectivity index (χ0n) is 12.0. The molecule has 0 saturated carbocycles. The molecule has 19 heavy (non-hydrogen) atoms. The number of ether oxygens (including phenoxy) is 1. The SMILES string of the molecule is COc1ccc(C)cc1CC(N)CC1CCSCC1. The molecule has 0 aromatic heterocycles. The largest absolute Gasteiger partial charge is 0.496 e. The molecule has 2 N–H and O–H groups in total. The summed E-state index contributed by atoms with van der Waals surface area (Å²) in [5, 5.41) is 0. The topological polar surface area (TPSA) is 35.2 Å². The van der Waals surface area contributed by atoms with Crippen LogP contribution in [0.3, 0.4) is 0 Å². The van der Waals surface area contributed by atoms with Gasteiger partial charge in [0.05, 0.1) is 7.11 Å². The van der Waals surface area contributed by atoms with Crippen LogP contribution in [0.1, 0.15) is 30.4 Å². The predicted octanol–water partition coefficient (Wildman–Crippen LogP) is 3.41. The first-order valence-corrected chi connectivity index (χ1v) is 8.31. The summed E-state index contributed by atoms with van der Waals surface area (Å²) < 4.78 is 5.43. The monoisotopic (exact) mass is 279 g/mol. The zero-order valence-corrected chi connectivity index (χ0v) is 12.8. The van der Waals surface area contributed by atoms with E-state index >= 15 is 0 Å². The fraction of sp³-hybridized carbons (Fsp3) is 0.625. The number of aryl methyl sites for hydroxylation is 1. The third-order valence-corrected chi connectivity index (χ3v) is 4.94. The van der Waals surface area contributed by atoms with Gasteiger partial charge in [0.15, 0.2) is 0 Å². The first-order valence-electron chi connectivity index (χ1n) is 7.16. The van der Waals surface area contributed by atoms with Gasteiger partial charge in [-0.05, 0) is 61.7 Å². The minimum absolute atomic E-state index is 0.254. The van der Waals surface area contributed by atoms with Crippen LogP contribution in [0.2, 0.25) is 0 Å². The van der Waals surface area contributed by atoms with Gasteiger partial charge in [-0.3, -0.25) is 0 Å². The molecule has 1 heterocycles. The molecular formula is C16H25NOS. The van der Waals surface area contributed by atoms with Crippen LogP contribution < -0.4 is 10.5 Å². The zero-order chi connectivity index (χ0) is 13.7. The van der Waals surface area contributed by atoms with Gasteiger partial charge in [-0.2, -0.15) is 11.8 Å². The maximum Gasteiger partial charge on any atom is 0.122 e. The second-order valence-corrected chi connectivity index (χ2v) is 6.80. The van der Waals surface area contributed by atoms with E-state index in [-0.39, 0.29) is 6.04 Å². The number of nitrogens with two attached hydrogens (primary N) is 1. The number of thioether (sulfide) groups is 1. The first-order chi connectivity index (χ1) is 9.19. The Kier molecular flexibility index (Phi) is 5.59. The summed E-state index contributed by atoms with van der Waals surface area (Å²) in [6.07, 6.45) is 4.75. The van der Waals surface area contributed by atoms with E-state index in [9.17, 15) is 0 Å². The lowest BCUT2D eigenvalue weighted by Crippen LogP contribution is -2.27. The molecule has 0 bridgehead atoms. The summed E-state index contributed by atoms with van der Waals surface area (Å²) in [4.78, 5) is 0. The first kappa shape index (κ1) is 14.7. The maximum atomic E-state index is 6.35. The van der Waals surface area contributed by atoms with Crippen molar-refractivity contribution in [3.8, 4) is 5.75 Å². The molecule has 1 saturated heterocycles. The minimum Gasteiger partial charge on any atom is -0.496 e. The Hall–Kier alpha value is -0.670. The van der Waals surface area contributed by atoms with Gasteiger partial charge in [0, 0.05) is 6.04 Å². The summed E-state index contributed by atoms with van der Waals surface area (Å²) in [6, 6.07) is 6.60. The van der Waals surface area contributed by atoms with Crippen molar-refractivity contribution in [1.29, 1.82) is 0 Å². The fourth-order valence-corrected chi connectivity index (χ4v) is 4.05. The van der Waals surface area contributed by atoms with Gasteiger partial charge in [0.1, 0.15) is 5.75 Å². The Morgan fingerprint density at radius 3 is 2.79 bits per heavy atom. The summed E-state index contributed by atoms with van der Waals surface area (Å²) >= 11 is 2.08. The lowest BCUT2D eigenvalue weighted by molar-refractivity contribution is 0.390. The second-order valence-electron chi connectivity index (χ2n) is 5.57. The van der Waals surface area contributed by atoms with Gasteiger partial charge < -0.3 is 10.5 Å². The van der Waals surface area contributed by atoms with E-state index in [2.05, 4.69) is 36.9 Å². The van der Waals surface area contributed by atoms with Crippen LogP contribution in [0.4, 0.5) is 0 Å². The molecule has 1 aliphatic rings. The van der Waals surface area contributed by atoms with Crippen molar-refractivity contribution in [1.82, 2.24) is 0 Å². The summed E-state index contributed by atoms with van der Waals surface area (Å²) in [7, 11) is 1.73. The van der Waals surface area contributed by atoms with Crippen LogP contribution in [-0.4, -0.2) is 24.7 Å². The van der Waals surface area contributed by atoms with Crippen LogP contribution in [-0.2, 0) is 6.42 Å². The molecule has 1 aromatic carbocycles. The average Bonchev–Trinajstić information content (AvgIpc) is 2.40. The highest BCUT2D eigenvalue weighted by molar-refractivity contribution is 7.99. The Labute approximate surface area is 121 Å². The molecule has 0 aliphatic carbocycles. The number of benzene rings is 1. The molecule has 0 radical (unpaired) electrons. The van der Waals surface area contributed by atoms with Gasteiger partial charge in [-0.15, -0.1) is 0 Å². The molecule has 1 aliphatic heterocycles. The van der Waals surface area contributed by atoms with Gasteiger partial charge in [0.2, 0.25) is 0 Å². The van der Waals surface area contributed by atoms with Gasteiger partial charge >= 0.3 is 0 Å². The molecule has 0 amide bonds. The Morgan fingerprint density at radius 2 is 2.11 bits per heavy atom. The van der Waals surface area contributed by atoms with Gasteiger partial charge in [-0.25, -0.2) is 0 Å². The van der Waals surface area contributed by atoms with Crippen molar-refractivity contribution in [2.45, 2.75) is 38.6 Å². The van der Waals surface area contributed by atoms with Crippen molar-refractivity contribution in [3.63, 3.8) is 0 Å². The van der Waals surface area contributed by atoms with Crippen LogP contribution in [0.15, 0.2) is 18.2 Å². The second kappa shape index (κ2) is 7.20. The average molecular weight is 279 g/mol. The summed E-state index contributed by atoms with van der Waals surface area (Å²) in [5.41, 5.74) is 8.87. The number of hydrogen-bond acceptors (Lipinski definition) is 3. The molecule has 0 spiro atoms. The fourth-order valence-electron chi connectivity index (χ4n) is 2.84. The number of methoxy groups -OCH3 is 1. The van der Waals surface area contributed by atoms with E-state index in [0.717, 1.165) is 24.5 Å². The highest BCUT2D eigenvalue weighted by Crippen LogP contribution is 2.28. The van der Waals surface area contributed by atoms with E-state index in [1.807, 2.05) is 0 Å². The molecular weight excluding hydrogens is 254 g/mol. The van der Waals surface area contributed by atoms with E-state index in [1.54, 1.807) is 7.11 Å². The number of rotatable bonds is 5. The van der Waals surface area contributed by atoms with Crippen LogP contribution in [0, 0.1) is 12.8 Å². The van der Waals surface area contributed by atoms with Crippen molar-refractivity contribution in [2.24, 2.45) is 11.7 Å². The van der Waals surface area contributed by atoms with Crippen molar-refractivity contribution in [2.75, 3.05) is 18.6 Å². The molecule has 2 rings (SSSR count). The minimum atomic E-state index is 0.254. The summed E-state index contributed by atoms with van der Waals surface area (Å²) in [6.45, 7) is 2.12. The standard InChI is InChI=1S/C16H25NOS/c1-12-3-4-16(18-2)14(9-12)11-15(17)10-13-5-7-19-8-6-13/h3-4,9,13,15H,5-8,10-11,17H2,1-2H3. The maximum absolute atomic E-state index is 6.35. The predicted molar refractivity (Wildman–Crippen MR) is 84.1 cm³/mol. The highest BCUT2D eigenvalue weighted by Gasteiger charge is 2.18. The van der Waals surface area contributed by atoms with Crippen LogP contribution in [0.5, 0.6) is 5.75 Å². The lowest BCUT2D eigenvalue weighted by atomic mass is 9.91. The highest BCUT2D eigenvalue weighted by atomic mass is 32.2. The van der Waals surface area contributed by atoms with Crippen molar-refractivity contribution in [3.05, 3.63) is 29.3 Å². The van der Waals surface area contributed by atoms with Crippen LogP contribution in [0.25, 0.3) is 0 Å². The van der Waals surface area contributed by atoms with Crippen molar-refractivity contribution >= 4 is 11.8 Å². The Balaban J connectivity index is 1.93. The molecule has 106 valence electrons. The van der Waals surface area contributed by atoms with Crippen LogP contribution >= 0.6 is 11.8 Å². The smallest absolute Gasteiger partial charge is 0.122 e. The quantitative estimate of drug-likeness (QED) is 0.897. The van der Waals surface area contributed by atoms with Crippen molar-refractivity contribution < 1.29 is 4.74 Å². The molecule has 1 fully saturated rings. The number of hydrogen-bond donors (Lipinski definition) is 1. The van der Waals surface area contributed by atoms with E-state index in [1.165, 1.54) is 35.5 Å². The third kappa shape index (κ3) is 4.43. The van der Waals surface area contributed by atoms with E-state index in [0.29, 0.717) is 0 Å². The lowest BCUT2D eigenvalue weighted by Gasteiger charge is -2.24. The van der Waals surface area contributed by atoms with Gasteiger partial charge in [-0.1, -0.05) is 17.7 Å². The molecule has 1 unspecified atom stereocenters. The Morgan fingerprint density at radius 1 is 1.37 bits per heavy atom. The van der Waals surface area contributed by atoms with E-state index < -0.39 is 0 Å². The Bertz CT molecular complexity index is 402. The molecule has 2 nitrogen and oxygen atoms in total.